The number of fused-ring (bicyclic) bond motifs is 1. The number of aromatic amines is 1. The number of nitrogens with zero attached hydrogens (tertiary/aromatic N) is 1. The largest absolute Gasteiger partial charge is 0.495 e. The van der Waals surface area contributed by atoms with Crippen molar-refractivity contribution >= 4 is 42.9 Å². The molecule has 3 rings (SSSR count). The normalized spacial score (nSPS) is 10.8. The van der Waals surface area contributed by atoms with Crippen LogP contribution < -0.4 is 14.2 Å². The first-order chi connectivity index (χ1) is 11.1. The molecule has 0 aliphatic heterocycles. The zero-order valence-corrected chi connectivity index (χ0v) is 15.9. The minimum Gasteiger partial charge on any atom is -0.495 e. The van der Waals surface area contributed by atoms with Crippen LogP contribution in [0.2, 0.25) is 0 Å². The standard InChI is InChI=1S/C16H14Br2N2O3/c1-21-13-6-11-12(7-14(13)22-2)20-16(19-11)9-4-8(17)5-10(18)15(9)23-3/h4-7H,1-3H3,(H,19,20). The summed E-state index contributed by atoms with van der Waals surface area (Å²) in [6.45, 7) is 0. The quantitative estimate of drug-likeness (QED) is 0.632. The van der Waals surface area contributed by atoms with Gasteiger partial charge in [-0.25, -0.2) is 4.98 Å². The number of hydrogen-bond donors (Lipinski definition) is 1. The third-order valence-corrected chi connectivity index (χ3v) is 4.50. The first-order valence-corrected chi connectivity index (χ1v) is 8.31. The average molecular weight is 442 g/mol. The van der Waals surface area contributed by atoms with Crippen LogP contribution in [-0.4, -0.2) is 31.3 Å². The average Bonchev–Trinajstić information content (AvgIpc) is 2.95. The molecule has 1 N–H and O–H groups in total. The Balaban J connectivity index is 2.22. The molecule has 3 aromatic rings. The summed E-state index contributed by atoms with van der Waals surface area (Å²) in [4.78, 5) is 7.94. The fraction of sp³-hybridized carbons (Fsp3) is 0.188. The zero-order chi connectivity index (χ0) is 16.6. The third kappa shape index (κ3) is 2.90. The van der Waals surface area contributed by atoms with Gasteiger partial charge in [-0.05, 0) is 28.1 Å². The van der Waals surface area contributed by atoms with E-state index in [0.29, 0.717) is 23.1 Å². The maximum Gasteiger partial charge on any atom is 0.163 e. The highest BCUT2D eigenvalue weighted by molar-refractivity contribution is 9.11. The van der Waals surface area contributed by atoms with Gasteiger partial charge in [0.1, 0.15) is 11.6 Å². The van der Waals surface area contributed by atoms with E-state index in [1.54, 1.807) is 21.3 Å². The summed E-state index contributed by atoms with van der Waals surface area (Å²) in [5, 5.41) is 0. The molecule has 7 heteroatoms. The van der Waals surface area contributed by atoms with Crippen molar-refractivity contribution < 1.29 is 14.2 Å². The van der Waals surface area contributed by atoms with Gasteiger partial charge in [0.15, 0.2) is 11.5 Å². The molecular formula is C16H14Br2N2O3. The molecule has 0 aliphatic rings. The zero-order valence-electron chi connectivity index (χ0n) is 12.7. The van der Waals surface area contributed by atoms with E-state index >= 15 is 0 Å². The van der Waals surface area contributed by atoms with Gasteiger partial charge < -0.3 is 19.2 Å². The van der Waals surface area contributed by atoms with E-state index in [2.05, 4.69) is 41.8 Å². The summed E-state index contributed by atoms with van der Waals surface area (Å²) in [5.41, 5.74) is 2.49. The van der Waals surface area contributed by atoms with Crippen LogP contribution in [0.15, 0.2) is 33.2 Å². The van der Waals surface area contributed by atoms with Gasteiger partial charge in [0.25, 0.3) is 0 Å². The third-order valence-electron chi connectivity index (χ3n) is 3.45. The van der Waals surface area contributed by atoms with E-state index in [1.165, 1.54) is 0 Å². The van der Waals surface area contributed by atoms with E-state index < -0.39 is 0 Å². The van der Waals surface area contributed by atoms with Crippen molar-refractivity contribution in [3.05, 3.63) is 33.2 Å². The van der Waals surface area contributed by atoms with Crippen LogP contribution in [0.5, 0.6) is 17.2 Å². The minimum atomic E-state index is 0.639. The number of methoxy groups -OCH3 is 3. The number of ether oxygens (including phenoxy) is 3. The van der Waals surface area contributed by atoms with E-state index in [-0.39, 0.29) is 0 Å². The molecule has 0 atom stereocenters. The number of hydrogen-bond acceptors (Lipinski definition) is 4. The molecule has 120 valence electrons. The van der Waals surface area contributed by atoms with Crippen LogP contribution in [0.3, 0.4) is 0 Å². The van der Waals surface area contributed by atoms with Crippen molar-refractivity contribution in [2.75, 3.05) is 21.3 Å². The minimum absolute atomic E-state index is 0.639. The second-order valence-corrected chi connectivity index (χ2v) is 6.55. The van der Waals surface area contributed by atoms with Gasteiger partial charge in [0, 0.05) is 16.6 Å². The highest BCUT2D eigenvalue weighted by Crippen LogP contribution is 2.39. The molecule has 0 saturated carbocycles. The van der Waals surface area contributed by atoms with Crippen LogP contribution >= 0.6 is 31.9 Å². The molecule has 0 fully saturated rings. The summed E-state index contributed by atoms with van der Waals surface area (Å²) in [7, 11) is 4.84. The molecule has 1 heterocycles. The number of rotatable bonds is 4. The molecule has 0 saturated heterocycles. The molecule has 23 heavy (non-hydrogen) atoms. The number of H-pyrrole nitrogens is 1. The smallest absolute Gasteiger partial charge is 0.163 e. The Morgan fingerprint density at radius 3 is 2.26 bits per heavy atom. The maximum atomic E-state index is 5.49. The van der Waals surface area contributed by atoms with Crippen molar-refractivity contribution in [2.45, 2.75) is 0 Å². The molecular weight excluding hydrogens is 428 g/mol. The number of benzene rings is 2. The molecule has 2 aromatic carbocycles. The van der Waals surface area contributed by atoms with Gasteiger partial charge in [-0.15, -0.1) is 0 Å². The van der Waals surface area contributed by atoms with Gasteiger partial charge >= 0.3 is 0 Å². The Morgan fingerprint density at radius 1 is 0.913 bits per heavy atom. The van der Waals surface area contributed by atoms with Gasteiger partial charge in [0.05, 0.1) is 42.4 Å². The van der Waals surface area contributed by atoms with E-state index in [9.17, 15) is 0 Å². The van der Waals surface area contributed by atoms with Crippen molar-refractivity contribution in [2.24, 2.45) is 0 Å². The summed E-state index contributed by atoms with van der Waals surface area (Å²) < 4.78 is 17.9. The van der Waals surface area contributed by atoms with Crippen molar-refractivity contribution in [3.63, 3.8) is 0 Å². The van der Waals surface area contributed by atoms with Gasteiger partial charge in [-0.1, -0.05) is 15.9 Å². The predicted molar refractivity (Wildman–Crippen MR) is 96.6 cm³/mol. The van der Waals surface area contributed by atoms with Gasteiger partial charge in [0.2, 0.25) is 0 Å². The first kappa shape index (κ1) is 16.1. The van der Waals surface area contributed by atoms with Crippen LogP contribution in [0.4, 0.5) is 0 Å². The first-order valence-electron chi connectivity index (χ1n) is 6.72. The van der Waals surface area contributed by atoms with Gasteiger partial charge in [-0.2, -0.15) is 0 Å². The Labute approximate surface area is 150 Å². The second-order valence-electron chi connectivity index (χ2n) is 4.78. The number of aromatic nitrogens is 2. The summed E-state index contributed by atoms with van der Waals surface area (Å²) >= 11 is 7.00. The lowest BCUT2D eigenvalue weighted by molar-refractivity contribution is 0.356. The number of halogens is 2. The second kappa shape index (κ2) is 6.41. The molecule has 0 bridgehead atoms. The van der Waals surface area contributed by atoms with Crippen LogP contribution in [0, 0.1) is 0 Å². The fourth-order valence-corrected chi connectivity index (χ4v) is 3.80. The van der Waals surface area contributed by atoms with Gasteiger partial charge in [-0.3, -0.25) is 0 Å². The fourth-order valence-electron chi connectivity index (χ4n) is 2.41. The Hall–Kier alpha value is -1.73. The lowest BCUT2D eigenvalue weighted by Crippen LogP contribution is -1.91. The molecule has 0 aliphatic carbocycles. The van der Waals surface area contributed by atoms with E-state index in [0.717, 1.165) is 25.5 Å². The molecule has 1 aromatic heterocycles. The molecule has 0 spiro atoms. The highest BCUT2D eigenvalue weighted by atomic mass is 79.9. The number of nitrogens with one attached hydrogen (secondary N) is 1. The molecule has 5 nitrogen and oxygen atoms in total. The summed E-state index contributed by atoms with van der Waals surface area (Å²) in [6, 6.07) is 7.59. The Kier molecular flexibility index (Phi) is 4.50. The van der Waals surface area contributed by atoms with Crippen LogP contribution in [0.1, 0.15) is 0 Å². The van der Waals surface area contributed by atoms with Crippen LogP contribution in [0.25, 0.3) is 22.4 Å². The van der Waals surface area contributed by atoms with Crippen LogP contribution in [-0.2, 0) is 0 Å². The monoisotopic (exact) mass is 440 g/mol. The molecule has 0 radical (unpaired) electrons. The lowest BCUT2D eigenvalue weighted by Gasteiger charge is -2.09. The number of imidazole rings is 1. The Bertz CT molecular complexity index is 836. The maximum absolute atomic E-state index is 5.49. The lowest BCUT2D eigenvalue weighted by atomic mass is 10.2. The van der Waals surface area contributed by atoms with Crippen molar-refractivity contribution in [1.82, 2.24) is 9.97 Å². The van der Waals surface area contributed by atoms with Crippen molar-refractivity contribution in [1.29, 1.82) is 0 Å². The Morgan fingerprint density at radius 2 is 1.61 bits per heavy atom. The van der Waals surface area contributed by atoms with E-state index in [4.69, 9.17) is 14.2 Å². The van der Waals surface area contributed by atoms with Crippen molar-refractivity contribution in [3.8, 4) is 28.6 Å². The topological polar surface area (TPSA) is 56.4 Å². The predicted octanol–water partition coefficient (Wildman–Crippen LogP) is 4.78. The molecule has 0 amide bonds. The molecule has 0 unspecified atom stereocenters. The van der Waals surface area contributed by atoms with E-state index in [1.807, 2.05) is 24.3 Å². The summed E-state index contributed by atoms with van der Waals surface area (Å²) in [5.74, 6) is 2.71. The highest BCUT2D eigenvalue weighted by Gasteiger charge is 2.16. The SMILES string of the molecule is COc1cc2nc(-c3cc(Br)cc(Br)c3OC)[nH]c2cc1OC. The summed E-state index contributed by atoms with van der Waals surface area (Å²) in [6.07, 6.45) is 0.